The summed E-state index contributed by atoms with van der Waals surface area (Å²) in [6.45, 7) is 5.98. The lowest BCUT2D eigenvalue weighted by atomic mass is 10.1. The standard InChI is InChI=1S/C20H29N7O/c1-14(2)17-9-10-19(24-22-17)26-11-5-8-16(12-26)27-13-18(23-25-27)20(28)21-15-6-3-4-7-15/h9-10,13-16H,3-8,11-12H2,1-2H3,(H,21,28). The fourth-order valence-electron chi connectivity index (χ4n) is 4.08. The smallest absolute Gasteiger partial charge is 0.273 e. The van der Waals surface area contributed by atoms with Crippen molar-refractivity contribution in [2.24, 2.45) is 0 Å². The Morgan fingerprint density at radius 1 is 1.11 bits per heavy atom. The second-order valence-electron chi connectivity index (χ2n) is 8.25. The zero-order valence-corrected chi connectivity index (χ0v) is 16.7. The van der Waals surface area contributed by atoms with Gasteiger partial charge in [-0.3, -0.25) is 4.79 Å². The van der Waals surface area contributed by atoms with Crippen LogP contribution >= 0.6 is 0 Å². The van der Waals surface area contributed by atoms with Gasteiger partial charge in [0.25, 0.3) is 5.91 Å². The number of nitrogens with one attached hydrogen (secondary N) is 1. The van der Waals surface area contributed by atoms with Gasteiger partial charge in [0.1, 0.15) is 0 Å². The first-order valence-corrected chi connectivity index (χ1v) is 10.4. The molecule has 2 fully saturated rings. The van der Waals surface area contributed by atoms with Crippen LogP contribution in [-0.2, 0) is 0 Å². The number of nitrogens with zero attached hydrogens (tertiary/aromatic N) is 6. The van der Waals surface area contributed by atoms with Crippen LogP contribution in [0.1, 0.15) is 80.5 Å². The van der Waals surface area contributed by atoms with E-state index >= 15 is 0 Å². The number of carbonyl (C=O) groups excluding carboxylic acids is 1. The molecule has 0 spiro atoms. The Kier molecular flexibility index (Phi) is 5.54. The van der Waals surface area contributed by atoms with Crippen molar-refractivity contribution in [2.45, 2.75) is 70.4 Å². The van der Waals surface area contributed by atoms with Crippen LogP contribution < -0.4 is 10.2 Å². The van der Waals surface area contributed by atoms with E-state index in [2.05, 4.69) is 50.6 Å². The SMILES string of the molecule is CC(C)c1ccc(N2CCCC(n3cc(C(=O)NC4CCCC4)nn3)C2)nn1. The van der Waals surface area contributed by atoms with Crippen LogP contribution in [0, 0.1) is 0 Å². The summed E-state index contributed by atoms with van der Waals surface area (Å²) in [5, 5.41) is 20.2. The molecular weight excluding hydrogens is 354 g/mol. The largest absolute Gasteiger partial charge is 0.353 e. The van der Waals surface area contributed by atoms with Gasteiger partial charge in [-0.15, -0.1) is 10.2 Å². The summed E-state index contributed by atoms with van der Waals surface area (Å²) in [4.78, 5) is 14.7. The van der Waals surface area contributed by atoms with Gasteiger partial charge in [-0.05, 0) is 43.7 Å². The van der Waals surface area contributed by atoms with Crippen LogP contribution in [0.25, 0.3) is 0 Å². The van der Waals surface area contributed by atoms with Crippen molar-refractivity contribution in [2.75, 3.05) is 18.0 Å². The van der Waals surface area contributed by atoms with E-state index in [9.17, 15) is 4.79 Å². The molecule has 2 aliphatic rings. The second kappa shape index (κ2) is 8.24. The minimum atomic E-state index is -0.110. The molecule has 1 amide bonds. The van der Waals surface area contributed by atoms with E-state index < -0.39 is 0 Å². The summed E-state index contributed by atoms with van der Waals surface area (Å²) in [5.41, 5.74) is 1.41. The third-order valence-corrected chi connectivity index (χ3v) is 5.79. The fourth-order valence-corrected chi connectivity index (χ4v) is 4.08. The zero-order chi connectivity index (χ0) is 19.5. The molecule has 4 rings (SSSR count). The highest BCUT2D eigenvalue weighted by atomic mass is 16.2. The molecule has 8 nitrogen and oxygen atoms in total. The molecule has 8 heteroatoms. The predicted molar refractivity (Wildman–Crippen MR) is 106 cm³/mol. The summed E-state index contributed by atoms with van der Waals surface area (Å²) in [7, 11) is 0. The molecule has 150 valence electrons. The van der Waals surface area contributed by atoms with Gasteiger partial charge in [0, 0.05) is 19.1 Å². The van der Waals surface area contributed by atoms with Crippen LogP contribution in [0.3, 0.4) is 0 Å². The van der Waals surface area contributed by atoms with E-state index in [0.717, 1.165) is 50.3 Å². The summed E-state index contributed by atoms with van der Waals surface area (Å²) in [5.74, 6) is 1.16. The Hall–Kier alpha value is -2.51. The molecular formula is C20H29N7O. The van der Waals surface area contributed by atoms with Gasteiger partial charge in [-0.1, -0.05) is 31.9 Å². The van der Waals surface area contributed by atoms with E-state index in [-0.39, 0.29) is 18.0 Å². The molecule has 1 N–H and O–H groups in total. The third kappa shape index (κ3) is 4.15. The molecule has 1 aliphatic heterocycles. The molecule has 0 bridgehead atoms. The molecule has 2 aromatic heterocycles. The van der Waals surface area contributed by atoms with Gasteiger partial charge in [0.15, 0.2) is 11.5 Å². The van der Waals surface area contributed by atoms with Crippen molar-refractivity contribution in [3.63, 3.8) is 0 Å². The number of amides is 1. The van der Waals surface area contributed by atoms with Crippen LogP contribution in [-0.4, -0.2) is 50.2 Å². The Balaban J connectivity index is 1.40. The number of rotatable bonds is 5. The minimum absolute atomic E-state index is 0.110. The van der Waals surface area contributed by atoms with E-state index in [1.807, 2.05) is 10.7 Å². The third-order valence-electron chi connectivity index (χ3n) is 5.79. The van der Waals surface area contributed by atoms with Crippen LogP contribution in [0.4, 0.5) is 5.82 Å². The maximum Gasteiger partial charge on any atom is 0.273 e. The van der Waals surface area contributed by atoms with Crippen molar-refractivity contribution < 1.29 is 4.79 Å². The number of aromatic nitrogens is 5. The highest BCUT2D eigenvalue weighted by molar-refractivity contribution is 5.92. The van der Waals surface area contributed by atoms with E-state index in [4.69, 9.17) is 0 Å². The first-order chi connectivity index (χ1) is 13.6. The summed E-state index contributed by atoms with van der Waals surface area (Å²) < 4.78 is 1.84. The Labute approximate surface area is 165 Å². The summed E-state index contributed by atoms with van der Waals surface area (Å²) in [6, 6.07) is 4.57. The molecule has 0 aromatic carbocycles. The van der Waals surface area contributed by atoms with Crippen molar-refractivity contribution in [1.82, 2.24) is 30.5 Å². The Morgan fingerprint density at radius 2 is 1.93 bits per heavy atom. The summed E-state index contributed by atoms with van der Waals surface area (Å²) in [6.07, 6.45) is 8.35. The number of carbonyl (C=O) groups is 1. The van der Waals surface area contributed by atoms with Gasteiger partial charge >= 0.3 is 0 Å². The number of anilines is 1. The highest BCUT2D eigenvalue weighted by Crippen LogP contribution is 2.25. The van der Waals surface area contributed by atoms with Crippen LogP contribution in [0.5, 0.6) is 0 Å². The van der Waals surface area contributed by atoms with Crippen molar-refractivity contribution in [3.8, 4) is 0 Å². The average Bonchev–Trinajstić information content (AvgIpc) is 3.40. The van der Waals surface area contributed by atoms with Crippen LogP contribution in [0.2, 0.25) is 0 Å². The lowest BCUT2D eigenvalue weighted by Gasteiger charge is -2.33. The molecule has 0 radical (unpaired) electrons. The lowest BCUT2D eigenvalue weighted by Crippen LogP contribution is -2.37. The minimum Gasteiger partial charge on any atom is -0.353 e. The first kappa shape index (κ1) is 18.8. The monoisotopic (exact) mass is 383 g/mol. The molecule has 28 heavy (non-hydrogen) atoms. The van der Waals surface area contributed by atoms with E-state index in [1.54, 1.807) is 6.20 Å². The van der Waals surface area contributed by atoms with Crippen molar-refractivity contribution in [1.29, 1.82) is 0 Å². The van der Waals surface area contributed by atoms with Crippen molar-refractivity contribution in [3.05, 3.63) is 29.7 Å². The molecule has 1 unspecified atom stereocenters. The van der Waals surface area contributed by atoms with E-state index in [0.29, 0.717) is 11.6 Å². The maximum absolute atomic E-state index is 12.4. The highest BCUT2D eigenvalue weighted by Gasteiger charge is 2.25. The Bertz CT molecular complexity index is 795. The molecule has 2 aromatic rings. The van der Waals surface area contributed by atoms with Crippen LogP contribution in [0.15, 0.2) is 18.3 Å². The quantitative estimate of drug-likeness (QED) is 0.854. The molecule has 1 atom stereocenters. The first-order valence-electron chi connectivity index (χ1n) is 10.4. The number of piperidine rings is 1. The molecule has 1 saturated carbocycles. The maximum atomic E-state index is 12.4. The summed E-state index contributed by atoms with van der Waals surface area (Å²) >= 11 is 0. The Morgan fingerprint density at radius 3 is 2.64 bits per heavy atom. The lowest BCUT2D eigenvalue weighted by molar-refractivity contribution is 0.0932. The van der Waals surface area contributed by atoms with Crippen molar-refractivity contribution >= 4 is 11.7 Å². The van der Waals surface area contributed by atoms with E-state index in [1.165, 1.54) is 12.8 Å². The second-order valence-corrected chi connectivity index (χ2v) is 8.25. The molecule has 3 heterocycles. The average molecular weight is 384 g/mol. The van der Waals surface area contributed by atoms with Gasteiger partial charge in [-0.2, -0.15) is 5.10 Å². The van der Waals surface area contributed by atoms with Gasteiger partial charge in [0.05, 0.1) is 17.9 Å². The van der Waals surface area contributed by atoms with Gasteiger partial charge < -0.3 is 10.2 Å². The van der Waals surface area contributed by atoms with Gasteiger partial charge in [-0.25, -0.2) is 4.68 Å². The molecule has 1 saturated heterocycles. The topological polar surface area (TPSA) is 88.8 Å². The zero-order valence-electron chi connectivity index (χ0n) is 16.7. The molecule has 1 aliphatic carbocycles. The number of hydrogen-bond donors (Lipinski definition) is 1. The number of hydrogen-bond acceptors (Lipinski definition) is 6. The fraction of sp³-hybridized carbons (Fsp3) is 0.650. The van der Waals surface area contributed by atoms with Gasteiger partial charge in [0.2, 0.25) is 0 Å². The predicted octanol–water partition coefficient (Wildman–Crippen LogP) is 2.71. The normalized spacial score (nSPS) is 20.7.